The smallest absolute Gasteiger partial charge is 0.137 e. The van der Waals surface area contributed by atoms with Crippen LogP contribution < -0.4 is 0 Å². The van der Waals surface area contributed by atoms with Crippen LogP contribution in [0, 0.1) is 6.92 Å². The first kappa shape index (κ1) is 16.0. The monoisotopic (exact) mass is 344 g/mol. The normalized spacial score (nSPS) is 16.8. The Labute approximate surface area is 153 Å². The first-order chi connectivity index (χ1) is 12.3. The molecular weight excluding hydrogens is 324 g/mol. The van der Waals surface area contributed by atoms with E-state index < -0.39 is 0 Å². The molecule has 3 aromatic rings. The van der Waals surface area contributed by atoms with Gasteiger partial charge in [-0.1, -0.05) is 90.1 Å². The van der Waals surface area contributed by atoms with Crippen molar-refractivity contribution in [3.8, 4) is 0 Å². The summed E-state index contributed by atoms with van der Waals surface area (Å²) in [4.78, 5) is 2.54. The minimum Gasteiger partial charge on any atom is -0.491 e. The number of hydrogen-bond donors (Lipinski definition) is 0. The van der Waals surface area contributed by atoms with Gasteiger partial charge in [-0.2, -0.15) is 0 Å². The number of thioether (sulfide) groups is 1. The fourth-order valence-electron chi connectivity index (χ4n) is 3.07. The molecule has 0 aliphatic carbocycles. The predicted molar refractivity (Wildman–Crippen MR) is 106 cm³/mol. The second kappa shape index (κ2) is 7.20. The van der Waals surface area contributed by atoms with E-state index in [0.29, 0.717) is 6.61 Å². The molecule has 25 heavy (non-hydrogen) atoms. The van der Waals surface area contributed by atoms with Crippen molar-refractivity contribution in [2.75, 3.05) is 6.61 Å². The third kappa shape index (κ3) is 3.49. The van der Waals surface area contributed by atoms with Gasteiger partial charge in [0, 0.05) is 15.4 Å². The van der Waals surface area contributed by atoms with Gasteiger partial charge in [0.05, 0.1) is 12.5 Å². The third-order valence-corrected chi connectivity index (χ3v) is 5.62. The van der Waals surface area contributed by atoms with Crippen molar-refractivity contribution in [2.24, 2.45) is 0 Å². The van der Waals surface area contributed by atoms with Crippen LogP contribution in [-0.4, -0.2) is 6.61 Å². The Morgan fingerprint density at radius 3 is 2.12 bits per heavy atom. The first-order valence-corrected chi connectivity index (χ1v) is 9.35. The summed E-state index contributed by atoms with van der Waals surface area (Å²) >= 11 is 1.82. The van der Waals surface area contributed by atoms with Crippen LogP contribution in [0.3, 0.4) is 0 Å². The molecule has 1 atom stereocenters. The fraction of sp³-hybridized carbons (Fsp3) is 0.130. The van der Waals surface area contributed by atoms with E-state index in [2.05, 4.69) is 85.8 Å². The Hall–Kier alpha value is -2.45. The fourth-order valence-corrected chi connectivity index (χ4v) is 4.23. The van der Waals surface area contributed by atoms with Gasteiger partial charge in [0.15, 0.2) is 0 Å². The Bertz CT molecular complexity index is 867. The average molecular weight is 344 g/mol. The highest BCUT2D eigenvalue weighted by Gasteiger charge is 2.30. The lowest BCUT2D eigenvalue weighted by molar-refractivity contribution is 0.294. The van der Waals surface area contributed by atoms with Crippen LogP contribution in [0.5, 0.6) is 0 Å². The first-order valence-electron chi connectivity index (χ1n) is 8.53. The Kier molecular flexibility index (Phi) is 4.62. The van der Waals surface area contributed by atoms with E-state index in [1.807, 2.05) is 17.8 Å². The summed E-state index contributed by atoms with van der Waals surface area (Å²) in [5.41, 5.74) is 3.75. The minimum absolute atomic E-state index is 0.279. The average Bonchev–Trinajstić information content (AvgIpc) is 3.07. The van der Waals surface area contributed by atoms with Crippen LogP contribution in [0.4, 0.5) is 0 Å². The summed E-state index contributed by atoms with van der Waals surface area (Å²) in [7, 11) is 0. The lowest BCUT2D eigenvalue weighted by Crippen LogP contribution is -2.01. The predicted octanol–water partition coefficient (Wildman–Crippen LogP) is 6.27. The minimum atomic E-state index is 0.279. The molecule has 0 bridgehead atoms. The van der Waals surface area contributed by atoms with Gasteiger partial charge in [-0.25, -0.2) is 0 Å². The van der Waals surface area contributed by atoms with Gasteiger partial charge in [-0.3, -0.25) is 0 Å². The van der Waals surface area contributed by atoms with Crippen LogP contribution in [0.2, 0.25) is 0 Å². The molecule has 0 radical (unpaired) electrons. The van der Waals surface area contributed by atoms with Gasteiger partial charge in [0.2, 0.25) is 0 Å². The van der Waals surface area contributed by atoms with Crippen LogP contribution in [0.1, 0.15) is 22.6 Å². The molecule has 1 aliphatic rings. The van der Waals surface area contributed by atoms with Crippen molar-refractivity contribution in [1.82, 2.24) is 0 Å². The largest absolute Gasteiger partial charge is 0.491 e. The second-order valence-electron chi connectivity index (χ2n) is 6.25. The summed E-state index contributed by atoms with van der Waals surface area (Å²) in [5, 5.41) is 0. The van der Waals surface area contributed by atoms with Crippen molar-refractivity contribution in [1.29, 1.82) is 0 Å². The molecule has 4 rings (SSSR count). The van der Waals surface area contributed by atoms with Gasteiger partial charge >= 0.3 is 0 Å². The van der Waals surface area contributed by atoms with Crippen molar-refractivity contribution in [3.05, 3.63) is 107 Å². The molecule has 0 amide bonds. The molecule has 3 aromatic carbocycles. The zero-order valence-electron chi connectivity index (χ0n) is 14.2. The number of benzene rings is 3. The lowest BCUT2D eigenvalue weighted by Gasteiger charge is -2.13. The quantitative estimate of drug-likeness (QED) is 0.551. The van der Waals surface area contributed by atoms with Crippen LogP contribution in [0.25, 0.3) is 5.76 Å². The van der Waals surface area contributed by atoms with E-state index in [9.17, 15) is 0 Å². The summed E-state index contributed by atoms with van der Waals surface area (Å²) in [5.74, 6) is 1.29. The summed E-state index contributed by atoms with van der Waals surface area (Å²) < 4.78 is 6.18. The van der Waals surface area contributed by atoms with E-state index in [4.69, 9.17) is 4.74 Å². The number of hydrogen-bond acceptors (Lipinski definition) is 2. The second-order valence-corrected chi connectivity index (χ2v) is 7.36. The molecule has 1 unspecified atom stereocenters. The summed E-state index contributed by atoms with van der Waals surface area (Å²) in [6.07, 6.45) is 0. The highest BCUT2D eigenvalue weighted by Crippen LogP contribution is 2.47. The Morgan fingerprint density at radius 2 is 1.44 bits per heavy atom. The van der Waals surface area contributed by atoms with Gasteiger partial charge in [-0.15, -0.1) is 0 Å². The molecule has 0 N–H and O–H groups in total. The number of aryl methyl sites for hydroxylation is 1. The highest BCUT2D eigenvalue weighted by molar-refractivity contribution is 8.03. The van der Waals surface area contributed by atoms with Gasteiger partial charge in [0.25, 0.3) is 0 Å². The van der Waals surface area contributed by atoms with Gasteiger partial charge in [0.1, 0.15) is 5.76 Å². The Morgan fingerprint density at radius 1 is 0.800 bits per heavy atom. The van der Waals surface area contributed by atoms with Crippen LogP contribution in [-0.2, 0) is 4.74 Å². The zero-order valence-corrected chi connectivity index (χ0v) is 15.0. The van der Waals surface area contributed by atoms with E-state index in [-0.39, 0.29) is 5.92 Å². The SMILES string of the molecule is Cc1ccc(C2COC(c3ccccc3)=C2Sc2ccccc2)cc1. The van der Waals surface area contributed by atoms with Gasteiger partial charge < -0.3 is 4.74 Å². The number of ether oxygens (including phenoxy) is 1. The van der Waals surface area contributed by atoms with Crippen molar-refractivity contribution in [2.45, 2.75) is 17.7 Å². The molecule has 0 saturated heterocycles. The molecule has 0 fully saturated rings. The maximum atomic E-state index is 6.18. The third-order valence-electron chi connectivity index (χ3n) is 4.42. The molecule has 0 spiro atoms. The molecule has 2 heteroatoms. The Balaban J connectivity index is 1.76. The molecule has 0 saturated carbocycles. The zero-order chi connectivity index (χ0) is 17.1. The van der Waals surface area contributed by atoms with E-state index in [0.717, 1.165) is 11.3 Å². The van der Waals surface area contributed by atoms with Crippen molar-refractivity contribution >= 4 is 17.5 Å². The van der Waals surface area contributed by atoms with Crippen LogP contribution in [0.15, 0.2) is 94.7 Å². The standard InChI is InChI=1S/C23H20OS/c1-17-12-14-18(15-13-17)21-16-24-22(19-8-4-2-5-9-19)23(21)25-20-10-6-3-7-11-20/h2-15,21H,16H2,1H3. The van der Waals surface area contributed by atoms with Crippen molar-refractivity contribution < 1.29 is 4.74 Å². The topological polar surface area (TPSA) is 9.23 Å². The molecule has 124 valence electrons. The van der Waals surface area contributed by atoms with E-state index in [1.165, 1.54) is 20.9 Å². The maximum absolute atomic E-state index is 6.18. The number of rotatable bonds is 4. The molecular formula is C23H20OS. The molecule has 1 aliphatic heterocycles. The highest BCUT2D eigenvalue weighted by atomic mass is 32.2. The molecule has 1 heterocycles. The van der Waals surface area contributed by atoms with Gasteiger partial charge in [-0.05, 0) is 24.6 Å². The molecule has 0 aromatic heterocycles. The van der Waals surface area contributed by atoms with Crippen molar-refractivity contribution in [3.63, 3.8) is 0 Å². The summed E-state index contributed by atoms with van der Waals surface area (Å²) in [6, 6.07) is 29.8. The van der Waals surface area contributed by atoms with E-state index >= 15 is 0 Å². The van der Waals surface area contributed by atoms with Crippen LogP contribution >= 0.6 is 11.8 Å². The lowest BCUT2D eigenvalue weighted by atomic mass is 9.98. The van der Waals surface area contributed by atoms with E-state index in [1.54, 1.807) is 0 Å². The maximum Gasteiger partial charge on any atom is 0.137 e. The molecule has 1 nitrogen and oxygen atoms in total. The summed E-state index contributed by atoms with van der Waals surface area (Å²) in [6.45, 7) is 2.82.